The molecule has 1 aliphatic heterocycles. The molecule has 3 nitrogen and oxygen atoms in total. The second kappa shape index (κ2) is 8.84. The van der Waals surface area contributed by atoms with Crippen LogP contribution in [-0.4, -0.2) is 33.9 Å². The summed E-state index contributed by atoms with van der Waals surface area (Å²) >= 11 is 2.12. The van der Waals surface area contributed by atoms with Gasteiger partial charge in [-0.3, -0.25) is 4.68 Å². The summed E-state index contributed by atoms with van der Waals surface area (Å²) in [6.45, 7) is 7.71. The number of nitrogens with one attached hydrogen (secondary N) is 1. The van der Waals surface area contributed by atoms with Crippen molar-refractivity contribution < 1.29 is 0 Å². The van der Waals surface area contributed by atoms with Crippen LogP contribution in [0.1, 0.15) is 58.2 Å². The van der Waals surface area contributed by atoms with Crippen molar-refractivity contribution in [3.05, 3.63) is 18.0 Å². The van der Waals surface area contributed by atoms with E-state index in [1.54, 1.807) is 0 Å². The van der Waals surface area contributed by atoms with Crippen molar-refractivity contribution in [2.24, 2.45) is 5.92 Å². The predicted octanol–water partition coefficient (Wildman–Crippen LogP) is 3.91. The molecule has 2 unspecified atom stereocenters. The van der Waals surface area contributed by atoms with Crippen molar-refractivity contribution in [1.82, 2.24) is 15.1 Å². The normalized spacial score (nSPS) is 19.6. The summed E-state index contributed by atoms with van der Waals surface area (Å²) in [4.78, 5) is 0. The molecule has 2 rings (SSSR count). The third-order valence-corrected chi connectivity index (χ3v) is 5.66. The summed E-state index contributed by atoms with van der Waals surface area (Å²) in [5, 5.41) is 8.44. The Kier molecular flexibility index (Phi) is 7.11. The molecule has 1 saturated heterocycles. The summed E-state index contributed by atoms with van der Waals surface area (Å²) in [5.74, 6) is 3.62. The molecule has 4 heteroatoms. The molecule has 120 valence electrons. The molecule has 2 heterocycles. The molecule has 0 aromatic carbocycles. The first-order valence-corrected chi connectivity index (χ1v) is 9.73. The molecule has 0 spiro atoms. The van der Waals surface area contributed by atoms with E-state index in [2.05, 4.69) is 54.8 Å². The van der Waals surface area contributed by atoms with E-state index in [1.165, 1.54) is 36.5 Å². The monoisotopic (exact) mass is 309 g/mol. The zero-order chi connectivity index (χ0) is 15.1. The maximum absolute atomic E-state index is 4.77. The quantitative estimate of drug-likeness (QED) is 0.789. The van der Waals surface area contributed by atoms with Crippen molar-refractivity contribution in [2.45, 2.75) is 65.0 Å². The minimum absolute atomic E-state index is 0.506. The Morgan fingerprint density at radius 1 is 1.38 bits per heavy atom. The van der Waals surface area contributed by atoms with Gasteiger partial charge < -0.3 is 5.32 Å². The fraction of sp³-hybridized carbons (Fsp3) is 0.824. The van der Waals surface area contributed by atoms with Crippen LogP contribution >= 0.6 is 11.8 Å². The molecular formula is C17H31N3S. The number of hydrogen-bond acceptors (Lipinski definition) is 3. The fourth-order valence-electron chi connectivity index (χ4n) is 3.08. The van der Waals surface area contributed by atoms with Crippen LogP contribution in [0.5, 0.6) is 0 Å². The lowest BCUT2D eigenvalue weighted by Crippen LogP contribution is -2.34. The number of likely N-dealkylation sites (N-methyl/N-ethyl adjacent to an activating group) is 1. The minimum Gasteiger partial charge on any atom is -0.314 e. The highest BCUT2D eigenvalue weighted by Gasteiger charge is 2.20. The molecule has 0 radical (unpaired) electrons. The lowest BCUT2D eigenvalue weighted by molar-refractivity contribution is 0.363. The summed E-state index contributed by atoms with van der Waals surface area (Å²) in [6, 6.07) is 3.29. The molecule has 1 aliphatic rings. The average Bonchev–Trinajstić information content (AvgIpc) is 2.96. The topological polar surface area (TPSA) is 29.9 Å². The van der Waals surface area contributed by atoms with Crippen molar-refractivity contribution in [3.8, 4) is 0 Å². The van der Waals surface area contributed by atoms with Crippen LogP contribution in [-0.2, 0) is 6.42 Å². The van der Waals surface area contributed by atoms with Gasteiger partial charge in [0.25, 0.3) is 0 Å². The van der Waals surface area contributed by atoms with Crippen LogP contribution in [0.3, 0.4) is 0 Å². The van der Waals surface area contributed by atoms with Crippen LogP contribution in [0.15, 0.2) is 12.3 Å². The minimum atomic E-state index is 0.506. The highest BCUT2D eigenvalue weighted by Crippen LogP contribution is 2.27. The number of hydrogen-bond donors (Lipinski definition) is 1. The second-order valence-corrected chi connectivity index (χ2v) is 7.52. The standard InChI is InChI=1S/C17H31N3S/c1-4-14(3)20-9-6-16(19-20)13-17(18-5-2)12-15-7-10-21-11-8-15/h6,9,14-15,17-18H,4-5,7-8,10-13H2,1-3H3. The first kappa shape index (κ1) is 16.9. The summed E-state index contributed by atoms with van der Waals surface area (Å²) in [5.41, 5.74) is 1.24. The molecule has 0 aliphatic carbocycles. The summed E-state index contributed by atoms with van der Waals surface area (Å²) in [7, 11) is 0. The third kappa shape index (κ3) is 5.33. The SMILES string of the molecule is CCNC(Cc1ccn(C(C)CC)n1)CC1CCSCC1. The highest BCUT2D eigenvalue weighted by molar-refractivity contribution is 7.99. The third-order valence-electron chi connectivity index (χ3n) is 4.61. The van der Waals surface area contributed by atoms with Gasteiger partial charge >= 0.3 is 0 Å². The van der Waals surface area contributed by atoms with E-state index in [4.69, 9.17) is 5.10 Å². The van der Waals surface area contributed by atoms with Crippen LogP contribution in [0.2, 0.25) is 0 Å². The van der Waals surface area contributed by atoms with E-state index in [9.17, 15) is 0 Å². The van der Waals surface area contributed by atoms with E-state index in [-0.39, 0.29) is 0 Å². The zero-order valence-corrected chi connectivity index (χ0v) is 14.7. The zero-order valence-electron chi connectivity index (χ0n) is 13.8. The smallest absolute Gasteiger partial charge is 0.0640 e. The number of rotatable bonds is 8. The van der Waals surface area contributed by atoms with E-state index in [0.717, 1.165) is 25.3 Å². The Labute approximate surface area is 134 Å². The lowest BCUT2D eigenvalue weighted by Gasteiger charge is -2.26. The van der Waals surface area contributed by atoms with Gasteiger partial charge in [-0.25, -0.2) is 0 Å². The molecule has 1 fully saturated rings. The predicted molar refractivity (Wildman–Crippen MR) is 93.1 cm³/mol. The molecule has 21 heavy (non-hydrogen) atoms. The fourth-order valence-corrected chi connectivity index (χ4v) is 4.29. The van der Waals surface area contributed by atoms with Gasteiger partial charge in [0.1, 0.15) is 0 Å². The Morgan fingerprint density at radius 3 is 2.81 bits per heavy atom. The van der Waals surface area contributed by atoms with Gasteiger partial charge in [-0.05, 0) is 62.6 Å². The van der Waals surface area contributed by atoms with Gasteiger partial charge in [-0.15, -0.1) is 0 Å². The molecular weight excluding hydrogens is 278 g/mol. The maximum atomic E-state index is 4.77. The van der Waals surface area contributed by atoms with Gasteiger partial charge in [0.05, 0.1) is 5.69 Å². The van der Waals surface area contributed by atoms with Crippen molar-refractivity contribution >= 4 is 11.8 Å². The molecule has 0 amide bonds. The van der Waals surface area contributed by atoms with Gasteiger partial charge in [-0.2, -0.15) is 16.9 Å². The van der Waals surface area contributed by atoms with Crippen LogP contribution in [0.25, 0.3) is 0 Å². The number of nitrogens with zero attached hydrogens (tertiary/aromatic N) is 2. The average molecular weight is 310 g/mol. The van der Waals surface area contributed by atoms with E-state index >= 15 is 0 Å². The van der Waals surface area contributed by atoms with E-state index in [1.807, 2.05) is 0 Å². The maximum Gasteiger partial charge on any atom is 0.0640 e. The van der Waals surface area contributed by atoms with E-state index in [0.29, 0.717) is 12.1 Å². The number of aromatic nitrogens is 2. The Morgan fingerprint density at radius 2 is 2.14 bits per heavy atom. The molecule has 2 atom stereocenters. The van der Waals surface area contributed by atoms with Gasteiger partial charge in [0, 0.05) is 24.7 Å². The van der Waals surface area contributed by atoms with Gasteiger partial charge in [0.2, 0.25) is 0 Å². The first-order chi connectivity index (χ1) is 10.2. The molecule has 0 saturated carbocycles. The Balaban J connectivity index is 1.90. The van der Waals surface area contributed by atoms with Crippen molar-refractivity contribution in [2.75, 3.05) is 18.1 Å². The van der Waals surface area contributed by atoms with Crippen molar-refractivity contribution in [3.63, 3.8) is 0 Å². The Hall–Kier alpha value is -0.480. The molecule has 1 N–H and O–H groups in total. The van der Waals surface area contributed by atoms with Gasteiger partial charge in [-0.1, -0.05) is 13.8 Å². The van der Waals surface area contributed by atoms with Crippen molar-refractivity contribution in [1.29, 1.82) is 0 Å². The Bertz CT molecular complexity index is 398. The molecule has 1 aromatic heterocycles. The van der Waals surface area contributed by atoms with Crippen LogP contribution in [0, 0.1) is 5.92 Å². The second-order valence-electron chi connectivity index (χ2n) is 6.29. The number of thioether (sulfide) groups is 1. The largest absolute Gasteiger partial charge is 0.314 e. The molecule has 1 aromatic rings. The lowest BCUT2D eigenvalue weighted by atomic mass is 9.92. The van der Waals surface area contributed by atoms with Gasteiger partial charge in [0.15, 0.2) is 0 Å². The van der Waals surface area contributed by atoms with Crippen LogP contribution < -0.4 is 5.32 Å². The molecule has 0 bridgehead atoms. The highest BCUT2D eigenvalue weighted by atomic mass is 32.2. The van der Waals surface area contributed by atoms with Crippen LogP contribution in [0.4, 0.5) is 0 Å². The summed E-state index contributed by atoms with van der Waals surface area (Å²) in [6.07, 6.45) is 8.45. The first-order valence-electron chi connectivity index (χ1n) is 8.58. The summed E-state index contributed by atoms with van der Waals surface area (Å²) < 4.78 is 2.12. The van der Waals surface area contributed by atoms with E-state index < -0.39 is 0 Å².